The van der Waals surface area contributed by atoms with E-state index in [1.807, 2.05) is 36.4 Å². The van der Waals surface area contributed by atoms with Crippen LogP contribution in [0.25, 0.3) is 17.0 Å². The number of H-pyrrole nitrogens is 1. The molecule has 4 rings (SSSR count). The first kappa shape index (κ1) is 22.7. The SMILES string of the molecule is COc1ccc(CNC(=O)C(=Cc2c[nH]c3ccccc23)NC(=O)c2ccccc2)cc1OC. The van der Waals surface area contributed by atoms with Crippen LogP contribution in [0.1, 0.15) is 21.5 Å². The van der Waals surface area contributed by atoms with Crippen LogP contribution in [-0.2, 0) is 11.3 Å². The lowest BCUT2D eigenvalue weighted by molar-refractivity contribution is -0.117. The molecule has 0 radical (unpaired) electrons. The summed E-state index contributed by atoms with van der Waals surface area (Å²) in [5.74, 6) is 0.395. The molecule has 7 heteroatoms. The first-order valence-electron chi connectivity index (χ1n) is 10.7. The summed E-state index contributed by atoms with van der Waals surface area (Å²) in [7, 11) is 3.12. The van der Waals surface area contributed by atoms with Crippen LogP contribution in [0.3, 0.4) is 0 Å². The second kappa shape index (κ2) is 10.4. The van der Waals surface area contributed by atoms with Crippen LogP contribution in [0.15, 0.2) is 84.7 Å². The van der Waals surface area contributed by atoms with Crippen LogP contribution in [0.5, 0.6) is 11.5 Å². The van der Waals surface area contributed by atoms with Gasteiger partial charge in [-0.2, -0.15) is 0 Å². The molecule has 0 atom stereocenters. The van der Waals surface area contributed by atoms with Gasteiger partial charge in [0.25, 0.3) is 11.8 Å². The summed E-state index contributed by atoms with van der Waals surface area (Å²) < 4.78 is 10.6. The van der Waals surface area contributed by atoms with E-state index in [2.05, 4.69) is 15.6 Å². The van der Waals surface area contributed by atoms with Crippen molar-refractivity contribution in [3.05, 3.63) is 101 Å². The summed E-state index contributed by atoms with van der Waals surface area (Å²) in [6.07, 6.45) is 3.48. The van der Waals surface area contributed by atoms with Crippen LogP contribution in [-0.4, -0.2) is 31.0 Å². The number of nitrogens with one attached hydrogen (secondary N) is 3. The Morgan fingerprint density at radius 1 is 0.912 bits per heavy atom. The molecule has 1 heterocycles. The number of carbonyl (C=O) groups excluding carboxylic acids is 2. The number of aromatic amines is 1. The Labute approximate surface area is 197 Å². The van der Waals surface area contributed by atoms with E-state index in [-0.39, 0.29) is 18.1 Å². The molecule has 34 heavy (non-hydrogen) atoms. The minimum Gasteiger partial charge on any atom is -0.493 e. The number of benzene rings is 3. The largest absolute Gasteiger partial charge is 0.493 e. The van der Waals surface area contributed by atoms with Gasteiger partial charge in [0, 0.05) is 34.8 Å². The van der Waals surface area contributed by atoms with Crippen LogP contribution in [0.4, 0.5) is 0 Å². The zero-order chi connectivity index (χ0) is 23.9. The fourth-order valence-corrected chi connectivity index (χ4v) is 3.58. The third-order valence-corrected chi connectivity index (χ3v) is 5.35. The van der Waals surface area contributed by atoms with E-state index in [0.717, 1.165) is 22.0 Å². The number of aromatic nitrogens is 1. The molecule has 0 aliphatic carbocycles. The van der Waals surface area contributed by atoms with E-state index in [9.17, 15) is 9.59 Å². The van der Waals surface area contributed by atoms with Crippen molar-refractivity contribution in [3.63, 3.8) is 0 Å². The number of para-hydroxylation sites is 1. The van der Waals surface area contributed by atoms with Gasteiger partial charge in [-0.15, -0.1) is 0 Å². The maximum absolute atomic E-state index is 13.2. The number of fused-ring (bicyclic) bond motifs is 1. The van der Waals surface area contributed by atoms with Crippen molar-refractivity contribution in [2.24, 2.45) is 0 Å². The van der Waals surface area contributed by atoms with Crippen molar-refractivity contribution in [1.29, 1.82) is 0 Å². The zero-order valence-electron chi connectivity index (χ0n) is 18.9. The maximum Gasteiger partial charge on any atom is 0.268 e. The summed E-state index contributed by atoms with van der Waals surface area (Å²) in [5.41, 5.74) is 3.15. The van der Waals surface area contributed by atoms with E-state index >= 15 is 0 Å². The smallest absolute Gasteiger partial charge is 0.268 e. The predicted octanol–water partition coefficient (Wildman–Crippen LogP) is 4.27. The Bertz CT molecular complexity index is 1340. The first-order chi connectivity index (χ1) is 16.6. The van der Waals surface area contributed by atoms with E-state index < -0.39 is 5.91 Å². The molecule has 0 aliphatic heterocycles. The molecule has 2 amide bonds. The average molecular weight is 456 g/mol. The highest BCUT2D eigenvalue weighted by Gasteiger charge is 2.16. The highest BCUT2D eigenvalue weighted by atomic mass is 16.5. The summed E-state index contributed by atoms with van der Waals surface area (Å²) in [4.78, 5) is 29.2. The maximum atomic E-state index is 13.2. The van der Waals surface area contributed by atoms with Crippen LogP contribution >= 0.6 is 0 Å². The molecule has 3 N–H and O–H groups in total. The summed E-state index contributed by atoms with van der Waals surface area (Å²) >= 11 is 0. The summed E-state index contributed by atoms with van der Waals surface area (Å²) in [6.45, 7) is 0.242. The van der Waals surface area contributed by atoms with Crippen molar-refractivity contribution in [2.45, 2.75) is 6.54 Å². The van der Waals surface area contributed by atoms with Crippen molar-refractivity contribution in [3.8, 4) is 11.5 Å². The first-order valence-corrected chi connectivity index (χ1v) is 10.7. The zero-order valence-corrected chi connectivity index (χ0v) is 18.9. The van der Waals surface area contributed by atoms with Gasteiger partial charge in [0.15, 0.2) is 11.5 Å². The van der Waals surface area contributed by atoms with E-state index in [4.69, 9.17) is 9.47 Å². The Kier molecular flexibility index (Phi) is 6.93. The summed E-state index contributed by atoms with van der Waals surface area (Å²) in [6, 6.07) is 21.9. The highest BCUT2D eigenvalue weighted by molar-refractivity contribution is 6.06. The van der Waals surface area contributed by atoms with Crippen molar-refractivity contribution < 1.29 is 19.1 Å². The quantitative estimate of drug-likeness (QED) is 0.346. The average Bonchev–Trinajstić information content (AvgIpc) is 3.29. The molecule has 1 aromatic heterocycles. The topological polar surface area (TPSA) is 92.5 Å². The molecular formula is C27H25N3O4. The number of ether oxygens (including phenoxy) is 2. The lowest BCUT2D eigenvalue weighted by atomic mass is 10.1. The van der Waals surface area contributed by atoms with Gasteiger partial charge in [-0.3, -0.25) is 9.59 Å². The third kappa shape index (κ3) is 5.10. The van der Waals surface area contributed by atoms with Crippen LogP contribution in [0.2, 0.25) is 0 Å². The minimum atomic E-state index is -0.413. The molecule has 0 spiro atoms. The lowest BCUT2D eigenvalue weighted by Crippen LogP contribution is -2.34. The fraction of sp³-hybridized carbons (Fsp3) is 0.111. The minimum absolute atomic E-state index is 0.138. The van der Waals surface area contributed by atoms with Gasteiger partial charge in [0.1, 0.15) is 5.70 Å². The Morgan fingerprint density at radius 3 is 2.41 bits per heavy atom. The molecule has 3 aromatic carbocycles. The van der Waals surface area contributed by atoms with Crippen molar-refractivity contribution in [1.82, 2.24) is 15.6 Å². The van der Waals surface area contributed by atoms with E-state index in [0.29, 0.717) is 17.1 Å². The molecule has 0 bridgehead atoms. The number of carbonyl (C=O) groups is 2. The second-order valence-electron chi connectivity index (χ2n) is 7.54. The molecule has 0 fully saturated rings. The highest BCUT2D eigenvalue weighted by Crippen LogP contribution is 2.27. The molecule has 7 nitrogen and oxygen atoms in total. The molecule has 0 saturated carbocycles. The second-order valence-corrected chi connectivity index (χ2v) is 7.54. The lowest BCUT2D eigenvalue weighted by Gasteiger charge is -2.13. The monoisotopic (exact) mass is 455 g/mol. The number of hydrogen-bond donors (Lipinski definition) is 3. The molecule has 172 valence electrons. The molecule has 0 saturated heterocycles. The van der Waals surface area contributed by atoms with Crippen molar-refractivity contribution >= 4 is 28.8 Å². The van der Waals surface area contributed by atoms with E-state index in [1.165, 1.54) is 0 Å². The van der Waals surface area contributed by atoms with E-state index in [1.54, 1.807) is 62.9 Å². The van der Waals surface area contributed by atoms with Gasteiger partial charge in [-0.25, -0.2) is 0 Å². The molecule has 0 unspecified atom stereocenters. The number of methoxy groups -OCH3 is 2. The summed E-state index contributed by atoms with van der Waals surface area (Å²) in [5, 5.41) is 6.59. The Morgan fingerprint density at radius 2 is 1.65 bits per heavy atom. The third-order valence-electron chi connectivity index (χ3n) is 5.35. The number of rotatable bonds is 8. The van der Waals surface area contributed by atoms with Gasteiger partial charge in [-0.05, 0) is 42.0 Å². The van der Waals surface area contributed by atoms with Crippen LogP contribution < -0.4 is 20.1 Å². The van der Waals surface area contributed by atoms with Crippen molar-refractivity contribution in [2.75, 3.05) is 14.2 Å². The molecule has 0 aliphatic rings. The van der Waals surface area contributed by atoms with Crippen LogP contribution in [0, 0.1) is 0 Å². The standard InChI is InChI=1S/C27H25N3O4/c1-33-24-13-12-18(14-25(24)34-2)16-29-27(32)23(30-26(31)19-8-4-3-5-9-19)15-20-17-28-22-11-7-6-10-21(20)22/h3-15,17,28H,16H2,1-2H3,(H,29,32)(H,30,31). The normalized spacial score (nSPS) is 11.2. The number of hydrogen-bond acceptors (Lipinski definition) is 4. The number of amides is 2. The van der Waals surface area contributed by atoms with Gasteiger partial charge in [-0.1, -0.05) is 42.5 Å². The van der Waals surface area contributed by atoms with Gasteiger partial charge in [0.2, 0.25) is 0 Å². The molecule has 4 aromatic rings. The Balaban J connectivity index is 1.59. The van der Waals surface area contributed by atoms with Gasteiger partial charge in [0.05, 0.1) is 14.2 Å². The fourth-order valence-electron chi connectivity index (χ4n) is 3.58. The Hall–Kier alpha value is -4.52. The predicted molar refractivity (Wildman–Crippen MR) is 132 cm³/mol. The van der Waals surface area contributed by atoms with Gasteiger partial charge >= 0.3 is 0 Å². The van der Waals surface area contributed by atoms with Gasteiger partial charge < -0.3 is 25.1 Å². The molecular weight excluding hydrogens is 430 g/mol.